The summed E-state index contributed by atoms with van der Waals surface area (Å²) < 4.78 is 23.3. The van der Waals surface area contributed by atoms with Gasteiger partial charge in [0.15, 0.2) is 16.7 Å². The third-order valence-corrected chi connectivity index (χ3v) is 8.68. The number of morpholine rings is 1. The molecule has 42 heavy (non-hydrogen) atoms. The molecular formula is C31H32N4O6S. The summed E-state index contributed by atoms with van der Waals surface area (Å²) in [6.07, 6.45) is 0.535. The van der Waals surface area contributed by atoms with Gasteiger partial charge in [-0.2, -0.15) is 0 Å². The van der Waals surface area contributed by atoms with E-state index in [4.69, 9.17) is 23.9 Å². The number of nitrogens with one attached hydrogen (secondary N) is 1. The van der Waals surface area contributed by atoms with Gasteiger partial charge in [0.25, 0.3) is 5.56 Å². The van der Waals surface area contributed by atoms with Crippen LogP contribution in [0.5, 0.6) is 17.2 Å². The third-order valence-electron chi connectivity index (χ3n) is 7.33. The molecular weight excluding hydrogens is 556 g/mol. The molecule has 0 bridgehead atoms. The quantitative estimate of drug-likeness (QED) is 0.223. The van der Waals surface area contributed by atoms with E-state index in [0.717, 1.165) is 30.1 Å². The van der Waals surface area contributed by atoms with Crippen molar-refractivity contribution in [1.82, 2.24) is 9.55 Å². The third kappa shape index (κ3) is 5.88. The Labute approximate surface area is 247 Å². The van der Waals surface area contributed by atoms with Crippen LogP contribution < -0.4 is 30.0 Å². The number of anilines is 2. The van der Waals surface area contributed by atoms with Crippen LogP contribution >= 0.6 is 11.8 Å². The molecule has 3 aromatic carbocycles. The number of carbonyl (C=O) groups is 1. The molecule has 2 aliphatic rings. The van der Waals surface area contributed by atoms with Crippen LogP contribution in [0.25, 0.3) is 10.9 Å². The second-order valence-electron chi connectivity index (χ2n) is 10.0. The second-order valence-corrected chi connectivity index (χ2v) is 11.2. The van der Waals surface area contributed by atoms with E-state index in [1.807, 2.05) is 49.4 Å². The first kappa shape index (κ1) is 27.9. The average Bonchev–Trinajstić information content (AvgIpc) is 3.50. The molecule has 1 N–H and O–H groups in total. The number of rotatable bonds is 9. The Kier molecular flexibility index (Phi) is 8.20. The van der Waals surface area contributed by atoms with Crippen molar-refractivity contribution in [1.29, 1.82) is 0 Å². The van der Waals surface area contributed by atoms with Gasteiger partial charge in [-0.05, 0) is 54.4 Å². The minimum atomic E-state index is -0.491. The fraction of sp³-hybridized carbons (Fsp3) is 0.323. The van der Waals surface area contributed by atoms with Crippen LogP contribution in [-0.4, -0.2) is 60.9 Å². The SMILES string of the molecule is CCC(Sc1nc2ccc(N3CCOCC3)cc2c(=O)n1Cc1ccc(OC)cc1)C(=O)Nc1ccc2c(c1)OCO2. The van der Waals surface area contributed by atoms with E-state index in [-0.39, 0.29) is 18.3 Å². The lowest BCUT2D eigenvalue weighted by atomic mass is 10.2. The lowest BCUT2D eigenvalue weighted by molar-refractivity contribution is -0.115. The average molecular weight is 589 g/mol. The topological polar surface area (TPSA) is 104 Å². The number of hydrogen-bond acceptors (Lipinski definition) is 9. The molecule has 4 aromatic rings. The number of ether oxygens (including phenoxy) is 4. The highest BCUT2D eigenvalue weighted by Gasteiger charge is 2.24. The van der Waals surface area contributed by atoms with Gasteiger partial charge in [0, 0.05) is 30.5 Å². The summed E-state index contributed by atoms with van der Waals surface area (Å²) in [6.45, 7) is 5.25. The molecule has 1 unspecified atom stereocenters. The van der Waals surface area contributed by atoms with E-state index in [1.54, 1.807) is 29.9 Å². The number of nitrogens with zero attached hydrogens (tertiary/aromatic N) is 3. The molecule has 1 saturated heterocycles. The number of aromatic nitrogens is 2. The van der Waals surface area contributed by atoms with Crippen LogP contribution in [0.1, 0.15) is 18.9 Å². The zero-order chi connectivity index (χ0) is 29.1. The summed E-state index contributed by atoms with van der Waals surface area (Å²) in [7, 11) is 1.62. The lowest BCUT2D eigenvalue weighted by Gasteiger charge is -2.29. The number of methoxy groups -OCH3 is 1. The fourth-order valence-corrected chi connectivity index (χ4v) is 6.01. The molecule has 11 heteroatoms. The van der Waals surface area contributed by atoms with Gasteiger partial charge in [-0.1, -0.05) is 30.8 Å². The molecule has 1 amide bonds. The predicted molar refractivity (Wildman–Crippen MR) is 162 cm³/mol. The van der Waals surface area contributed by atoms with E-state index >= 15 is 0 Å². The van der Waals surface area contributed by atoms with Crippen molar-refractivity contribution in [2.75, 3.05) is 50.4 Å². The van der Waals surface area contributed by atoms with Crippen molar-refractivity contribution in [2.45, 2.75) is 30.3 Å². The Bertz CT molecular complexity index is 1650. The zero-order valence-electron chi connectivity index (χ0n) is 23.5. The Morgan fingerprint density at radius 2 is 1.83 bits per heavy atom. The Balaban J connectivity index is 1.33. The van der Waals surface area contributed by atoms with Crippen LogP contribution in [0.15, 0.2) is 70.6 Å². The highest BCUT2D eigenvalue weighted by atomic mass is 32.2. The summed E-state index contributed by atoms with van der Waals surface area (Å²) in [5.41, 5.74) is 2.94. The maximum absolute atomic E-state index is 14.1. The van der Waals surface area contributed by atoms with Crippen LogP contribution in [-0.2, 0) is 16.1 Å². The van der Waals surface area contributed by atoms with Gasteiger partial charge in [-0.15, -0.1) is 0 Å². The van der Waals surface area contributed by atoms with Crippen molar-refractivity contribution in [3.63, 3.8) is 0 Å². The van der Waals surface area contributed by atoms with Gasteiger partial charge < -0.3 is 29.2 Å². The van der Waals surface area contributed by atoms with E-state index < -0.39 is 5.25 Å². The van der Waals surface area contributed by atoms with E-state index in [9.17, 15) is 9.59 Å². The molecule has 1 aromatic heterocycles. The number of amides is 1. The number of benzene rings is 3. The second kappa shape index (κ2) is 12.3. The van der Waals surface area contributed by atoms with E-state index in [2.05, 4.69) is 10.2 Å². The van der Waals surface area contributed by atoms with Crippen LogP contribution in [0.2, 0.25) is 0 Å². The van der Waals surface area contributed by atoms with Gasteiger partial charge in [-0.3, -0.25) is 14.2 Å². The van der Waals surface area contributed by atoms with Crippen LogP contribution in [0.3, 0.4) is 0 Å². The predicted octanol–water partition coefficient (Wildman–Crippen LogP) is 4.53. The molecule has 1 atom stereocenters. The molecule has 1 fully saturated rings. The first-order valence-electron chi connectivity index (χ1n) is 13.9. The highest BCUT2D eigenvalue weighted by molar-refractivity contribution is 8.00. The number of hydrogen-bond donors (Lipinski definition) is 1. The van der Waals surface area contributed by atoms with Crippen molar-refractivity contribution >= 4 is 39.9 Å². The molecule has 0 aliphatic carbocycles. The Hall–Kier alpha value is -4.22. The van der Waals surface area contributed by atoms with Crippen molar-refractivity contribution < 1.29 is 23.7 Å². The van der Waals surface area contributed by atoms with Gasteiger partial charge in [-0.25, -0.2) is 4.98 Å². The summed E-state index contributed by atoms with van der Waals surface area (Å²) in [4.78, 5) is 34.6. The van der Waals surface area contributed by atoms with Gasteiger partial charge in [0.05, 0.1) is 43.0 Å². The summed E-state index contributed by atoms with van der Waals surface area (Å²) in [5.74, 6) is 1.79. The largest absolute Gasteiger partial charge is 0.497 e. The van der Waals surface area contributed by atoms with E-state index in [1.165, 1.54) is 11.8 Å². The zero-order valence-corrected chi connectivity index (χ0v) is 24.3. The molecule has 0 spiro atoms. The normalized spacial score (nSPS) is 15.0. The van der Waals surface area contributed by atoms with Gasteiger partial charge in [0.2, 0.25) is 12.7 Å². The Morgan fingerprint density at radius 1 is 1.05 bits per heavy atom. The molecule has 0 radical (unpaired) electrons. The highest BCUT2D eigenvalue weighted by Crippen LogP contribution is 2.35. The van der Waals surface area contributed by atoms with Gasteiger partial charge >= 0.3 is 0 Å². The maximum atomic E-state index is 14.1. The molecule has 0 saturated carbocycles. The van der Waals surface area contributed by atoms with Crippen LogP contribution in [0, 0.1) is 0 Å². The number of thioether (sulfide) groups is 1. The fourth-order valence-electron chi connectivity index (χ4n) is 5.00. The number of fused-ring (bicyclic) bond motifs is 2. The van der Waals surface area contributed by atoms with Crippen molar-refractivity contribution in [3.05, 3.63) is 76.6 Å². The smallest absolute Gasteiger partial charge is 0.262 e. The summed E-state index contributed by atoms with van der Waals surface area (Å²) in [5, 5.41) is 3.51. The molecule has 3 heterocycles. The molecule has 10 nitrogen and oxygen atoms in total. The summed E-state index contributed by atoms with van der Waals surface area (Å²) in [6, 6.07) is 18.7. The van der Waals surface area contributed by atoms with Crippen molar-refractivity contribution in [3.8, 4) is 17.2 Å². The molecule has 218 valence electrons. The monoisotopic (exact) mass is 588 g/mol. The standard InChI is InChI=1S/C31H32N4O6S/c1-3-28(29(36)32-21-6-11-26-27(16-21)41-19-40-26)42-31-33-25-10-7-22(34-12-14-39-15-13-34)17-24(25)30(37)35(31)18-20-4-8-23(38-2)9-5-20/h4-11,16-17,28H,3,12-15,18-19H2,1-2H3,(H,32,36). The molecule has 2 aliphatic heterocycles. The minimum Gasteiger partial charge on any atom is -0.497 e. The molecule has 6 rings (SSSR count). The van der Waals surface area contributed by atoms with Gasteiger partial charge in [0.1, 0.15) is 5.75 Å². The van der Waals surface area contributed by atoms with Crippen LogP contribution in [0.4, 0.5) is 11.4 Å². The first-order chi connectivity index (χ1) is 20.5. The minimum absolute atomic E-state index is 0.153. The number of carbonyl (C=O) groups excluding carboxylic acids is 1. The van der Waals surface area contributed by atoms with Crippen molar-refractivity contribution in [2.24, 2.45) is 0 Å². The first-order valence-corrected chi connectivity index (χ1v) is 14.8. The maximum Gasteiger partial charge on any atom is 0.262 e. The summed E-state index contributed by atoms with van der Waals surface area (Å²) >= 11 is 1.29. The lowest BCUT2D eigenvalue weighted by Crippen LogP contribution is -2.36. The Morgan fingerprint density at radius 3 is 2.60 bits per heavy atom. The van der Waals surface area contributed by atoms with E-state index in [0.29, 0.717) is 59.4 Å².